The number of hydrogen-bond acceptors (Lipinski definition) is 5. The maximum atomic E-state index is 12.8. The van der Waals surface area contributed by atoms with Crippen molar-refractivity contribution >= 4 is 35.2 Å². The van der Waals surface area contributed by atoms with Gasteiger partial charge in [0.05, 0.1) is 28.9 Å². The summed E-state index contributed by atoms with van der Waals surface area (Å²) in [7, 11) is 0. The molecule has 0 aliphatic carbocycles. The van der Waals surface area contributed by atoms with Crippen molar-refractivity contribution in [2.24, 2.45) is 4.99 Å². The van der Waals surface area contributed by atoms with Crippen LogP contribution in [0.25, 0.3) is 0 Å². The number of carboxylic acid groups (broad SMARTS) is 2. The first-order chi connectivity index (χ1) is 11.6. The first-order valence-corrected chi connectivity index (χ1v) is 7.11. The minimum atomic E-state index is -4.59. The Balaban J connectivity index is 2.33. The summed E-state index contributed by atoms with van der Waals surface area (Å²) in [5, 5.41) is 20.4. The van der Waals surface area contributed by atoms with Gasteiger partial charge in [0.2, 0.25) is 5.96 Å². The van der Waals surface area contributed by atoms with Crippen LogP contribution in [-0.4, -0.2) is 46.1 Å². The van der Waals surface area contributed by atoms with Crippen LogP contribution in [0, 0.1) is 0 Å². The molecule has 1 aromatic rings. The van der Waals surface area contributed by atoms with Gasteiger partial charge in [-0.1, -0.05) is 11.6 Å². The molecular weight excluding hydrogens is 367 g/mol. The second kappa shape index (κ2) is 7.01. The number of alkyl halides is 3. The summed E-state index contributed by atoms with van der Waals surface area (Å²) in [6.07, 6.45) is -4.12. The summed E-state index contributed by atoms with van der Waals surface area (Å²) >= 11 is 5.87. The van der Waals surface area contributed by atoms with Crippen molar-refractivity contribution in [3.05, 3.63) is 40.6 Å². The van der Waals surface area contributed by atoms with Crippen LogP contribution in [0.15, 0.2) is 35.0 Å². The molecule has 25 heavy (non-hydrogen) atoms. The van der Waals surface area contributed by atoms with Crippen LogP contribution in [0.2, 0.25) is 5.02 Å². The van der Waals surface area contributed by atoms with Crippen LogP contribution < -0.4 is 5.32 Å². The van der Waals surface area contributed by atoms with E-state index in [1.807, 2.05) is 0 Å². The van der Waals surface area contributed by atoms with Gasteiger partial charge >= 0.3 is 18.1 Å². The lowest BCUT2D eigenvalue weighted by atomic mass is 10.2. The number of aliphatic carboxylic acids is 2. The number of nitrogens with one attached hydrogen (secondary N) is 1. The number of nitrogens with zero attached hydrogens (tertiary/aromatic N) is 2. The summed E-state index contributed by atoms with van der Waals surface area (Å²) in [5.41, 5.74) is -1.68. The third-order valence-electron chi connectivity index (χ3n) is 3.15. The number of carboxylic acids is 2. The zero-order valence-corrected chi connectivity index (χ0v) is 13.1. The van der Waals surface area contributed by atoms with Crippen LogP contribution in [0.3, 0.4) is 0 Å². The van der Waals surface area contributed by atoms with E-state index in [2.05, 4.69) is 10.3 Å². The fourth-order valence-electron chi connectivity index (χ4n) is 2.08. The van der Waals surface area contributed by atoms with Gasteiger partial charge < -0.3 is 20.4 Å². The van der Waals surface area contributed by atoms with E-state index < -0.39 is 29.4 Å². The summed E-state index contributed by atoms with van der Waals surface area (Å²) in [5.74, 6) is -3.12. The van der Waals surface area contributed by atoms with E-state index in [0.29, 0.717) is 6.08 Å². The van der Waals surface area contributed by atoms with Gasteiger partial charge in [0, 0.05) is 6.54 Å². The molecule has 0 fully saturated rings. The highest BCUT2D eigenvalue weighted by atomic mass is 35.5. The predicted molar refractivity (Wildman–Crippen MR) is 82.4 cm³/mol. The molecule has 0 amide bonds. The third kappa shape index (κ3) is 4.41. The molecule has 0 radical (unpaired) electrons. The summed E-state index contributed by atoms with van der Waals surface area (Å²) in [6, 6.07) is 2.59. The smallest absolute Gasteiger partial charge is 0.416 e. The molecule has 1 aromatic carbocycles. The van der Waals surface area contributed by atoms with Gasteiger partial charge in [-0.2, -0.15) is 13.2 Å². The van der Waals surface area contributed by atoms with E-state index >= 15 is 0 Å². The molecular formula is C14H11ClF3N3O4. The van der Waals surface area contributed by atoms with Crippen LogP contribution >= 0.6 is 11.6 Å². The zero-order valence-electron chi connectivity index (χ0n) is 12.3. The average Bonchev–Trinajstić information content (AvgIpc) is 2.93. The Morgan fingerprint density at radius 1 is 1.32 bits per heavy atom. The standard InChI is InChI=1S/C14H11ClF3N3O4/c15-8-2-1-7(14(16,17)18)5-9(8)20-13-19-3-4-21(13)10(12(24)25)6-11(22)23/h1-2,5-6H,3-4H2,(H,19,20)(H,22,23)(H,24,25)/b10-6-. The van der Waals surface area contributed by atoms with Gasteiger partial charge in [0.1, 0.15) is 5.70 Å². The van der Waals surface area contributed by atoms with Gasteiger partial charge in [-0.3, -0.25) is 4.99 Å². The SMILES string of the molecule is O=C(O)/C=C(/C(=O)O)N1CCN=C1Nc1cc(C(F)(F)F)ccc1Cl. The fourth-order valence-corrected chi connectivity index (χ4v) is 2.24. The quantitative estimate of drug-likeness (QED) is 0.697. The van der Waals surface area contributed by atoms with Crippen molar-refractivity contribution in [2.45, 2.75) is 6.18 Å². The Labute approximate surface area is 144 Å². The maximum absolute atomic E-state index is 12.8. The van der Waals surface area contributed by atoms with Crippen molar-refractivity contribution < 1.29 is 33.0 Å². The molecule has 3 N–H and O–H groups in total. The molecule has 0 spiro atoms. The second-order valence-electron chi connectivity index (χ2n) is 4.85. The largest absolute Gasteiger partial charge is 0.478 e. The Bertz CT molecular complexity index is 777. The molecule has 134 valence electrons. The van der Waals surface area contributed by atoms with Crippen LogP contribution in [-0.2, 0) is 15.8 Å². The second-order valence-corrected chi connectivity index (χ2v) is 5.25. The first-order valence-electron chi connectivity index (χ1n) is 6.73. The number of anilines is 1. The monoisotopic (exact) mass is 377 g/mol. The van der Waals surface area contributed by atoms with Crippen LogP contribution in [0.1, 0.15) is 5.56 Å². The number of halogens is 4. The summed E-state index contributed by atoms with van der Waals surface area (Å²) in [4.78, 5) is 27.0. The molecule has 7 nitrogen and oxygen atoms in total. The molecule has 11 heteroatoms. The zero-order chi connectivity index (χ0) is 18.8. The number of hydrogen-bond donors (Lipinski definition) is 3. The topological polar surface area (TPSA) is 102 Å². The molecule has 1 heterocycles. The highest BCUT2D eigenvalue weighted by Gasteiger charge is 2.32. The number of rotatable bonds is 4. The highest BCUT2D eigenvalue weighted by molar-refractivity contribution is 6.33. The molecule has 1 aliphatic heterocycles. The fraction of sp³-hybridized carbons (Fsp3) is 0.214. The number of benzene rings is 1. The molecule has 0 bridgehead atoms. The third-order valence-corrected chi connectivity index (χ3v) is 3.48. The highest BCUT2D eigenvalue weighted by Crippen LogP contribution is 2.34. The molecule has 0 saturated carbocycles. The number of aliphatic imine (C=N–C) groups is 1. The van der Waals surface area contributed by atoms with Crippen molar-refractivity contribution in [1.82, 2.24) is 4.90 Å². The van der Waals surface area contributed by atoms with Gasteiger partial charge in [-0.15, -0.1) is 0 Å². The lowest BCUT2D eigenvalue weighted by molar-refractivity contribution is -0.137. The van der Waals surface area contributed by atoms with Gasteiger partial charge in [0.15, 0.2) is 0 Å². The Hall–Kier alpha value is -2.75. The molecule has 0 unspecified atom stereocenters. The molecule has 0 aromatic heterocycles. The minimum absolute atomic E-state index is 0.0401. The average molecular weight is 378 g/mol. The Morgan fingerprint density at radius 2 is 2.00 bits per heavy atom. The minimum Gasteiger partial charge on any atom is -0.478 e. The van der Waals surface area contributed by atoms with Gasteiger partial charge in [-0.25, -0.2) is 9.59 Å². The number of guanidine groups is 1. The summed E-state index contributed by atoms with van der Waals surface area (Å²) in [6.45, 7) is 0.174. The van der Waals surface area contributed by atoms with E-state index in [-0.39, 0.29) is 29.8 Å². The molecule has 0 atom stereocenters. The van der Waals surface area contributed by atoms with Crippen molar-refractivity contribution in [3.63, 3.8) is 0 Å². The molecule has 1 aliphatic rings. The van der Waals surface area contributed by atoms with Crippen LogP contribution in [0.4, 0.5) is 18.9 Å². The van der Waals surface area contributed by atoms with Gasteiger partial charge in [-0.05, 0) is 18.2 Å². The first kappa shape index (κ1) is 18.6. The Kier molecular flexibility index (Phi) is 5.21. The normalized spacial score (nSPS) is 15.1. The van der Waals surface area contributed by atoms with Crippen molar-refractivity contribution in [1.29, 1.82) is 0 Å². The molecule has 2 rings (SSSR count). The number of carbonyl (C=O) groups is 2. The predicted octanol–water partition coefficient (Wildman–Crippen LogP) is 2.50. The van der Waals surface area contributed by atoms with Gasteiger partial charge in [0.25, 0.3) is 0 Å². The lowest BCUT2D eigenvalue weighted by Gasteiger charge is -2.22. The van der Waals surface area contributed by atoms with E-state index in [9.17, 15) is 22.8 Å². The van der Waals surface area contributed by atoms with E-state index in [0.717, 1.165) is 23.1 Å². The maximum Gasteiger partial charge on any atom is 0.416 e. The summed E-state index contributed by atoms with van der Waals surface area (Å²) < 4.78 is 38.4. The van der Waals surface area contributed by atoms with Crippen molar-refractivity contribution in [3.8, 4) is 0 Å². The van der Waals surface area contributed by atoms with Crippen molar-refractivity contribution in [2.75, 3.05) is 18.4 Å². The van der Waals surface area contributed by atoms with E-state index in [1.165, 1.54) is 0 Å². The Morgan fingerprint density at radius 3 is 2.56 bits per heavy atom. The van der Waals surface area contributed by atoms with E-state index in [4.69, 9.17) is 21.8 Å². The van der Waals surface area contributed by atoms with Crippen LogP contribution in [0.5, 0.6) is 0 Å². The van der Waals surface area contributed by atoms with E-state index in [1.54, 1.807) is 0 Å². The lowest BCUT2D eigenvalue weighted by Crippen LogP contribution is -2.36. The molecule has 0 saturated heterocycles.